The van der Waals surface area contributed by atoms with E-state index in [1.165, 1.54) is 6.07 Å². The Labute approximate surface area is 226 Å². The Kier molecular flexibility index (Phi) is 6.90. The van der Waals surface area contributed by atoms with Gasteiger partial charge in [-0.3, -0.25) is 19.8 Å². The minimum absolute atomic E-state index is 0.0793. The molecule has 1 heterocycles. The highest BCUT2D eigenvalue weighted by Gasteiger charge is 2.44. The van der Waals surface area contributed by atoms with Gasteiger partial charge in [-0.25, -0.2) is 0 Å². The lowest BCUT2D eigenvalue weighted by molar-refractivity contribution is -0.384. The maximum atomic E-state index is 14.0. The van der Waals surface area contributed by atoms with Crippen LogP contribution in [-0.4, -0.2) is 17.3 Å². The normalized spacial score (nSPS) is 19.0. The van der Waals surface area contributed by atoms with Crippen molar-refractivity contribution < 1.29 is 14.5 Å². The van der Waals surface area contributed by atoms with Crippen molar-refractivity contribution in [3.8, 4) is 11.8 Å². The molecule has 3 aromatic carbocycles. The third-order valence-electron chi connectivity index (χ3n) is 7.34. The van der Waals surface area contributed by atoms with E-state index in [1.807, 2.05) is 61.5 Å². The fourth-order valence-corrected chi connectivity index (χ4v) is 5.55. The molecule has 0 bridgehead atoms. The number of anilines is 1. The van der Waals surface area contributed by atoms with Crippen molar-refractivity contribution in [2.75, 3.05) is 11.5 Å². The molecule has 8 nitrogen and oxygen atoms in total. The second kappa shape index (κ2) is 10.5. The van der Waals surface area contributed by atoms with Crippen LogP contribution < -0.4 is 15.4 Å². The molecule has 196 valence electrons. The van der Waals surface area contributed by atoms with Crippen LogP contribution >= 0.6 is 0 Å². The minimum atomic E-state index is -0.659. The molecule has 2 atom stereocenters. The zero-order valence-corrected chi connectivity index (χ0v) is 21.8. The number of nitro benzene ring substituents is 1. The predicted molar refractivity (Wildman–Crippen MR) is 148 cm³/mol. The van der Waals surface area contributed by atoms with Crippen LogP contribution in [0.25, 0.3) is 0 Å². The SMILES string of the molecule is CCOc1ccc(N2C(N)=C(C#N)C(c3ccc(C)cc3)C3=C2CC(c2ccccc2)CC3=O)c([N+](=O)[O-])c1. The maximum absolute atomic E-state index is 14.0. The highest BCUT2D eigenvalue weighted by molar-refractivity contribution is 6.02. The molecule has 0 fully saturated rings. The van der Waals surface area contributed by atoms with E-state index in [2.05, 4.69) is 6.07 Å². The first-order valence-electron chi connectivity index (χ1n) is 12.8. The van der Waals surface area contributed by atoms with E-state index in [-0.39, 0.29) is 40.9 Å². The van der Waals surface area contributed by atoms with Crippen molar-refractivity contribution in [3.63, 3.8) is 0 Å². The van der Waals surface area contributed by atoms with Gasteiger partial charge in [-0.1, -0.05) is 60.2 Å². The number of ketones is 1. The number of carbonyl (C=O) groups is 1. The van der Waals surface area contributed by atoms with Crippen molar-refractivity contribution in [1.29, 1.82) is 5.26 Å². The van der Waals surface area contributed by atoms with Gasteiger partial charge in [0.1, 0.15) is 17.3 Å². The summed E-state index contributed by atoms with van der Waals surface area (Å²) >= 11 is 0. The molecule has 0 aromatic heterocycles. The zero-order chi connectivity index (χ0) is 27.7. The van der Waals surface area contributed by atoms with Gasteiger partial charge in [-0.05, 0) is 49.4 Å². The summed E-state index contributed by atoms with van der Waals surface area (Å²) in [6.45, 7) is 4.11. The van der Waals surface area contributed by atoms with Crippen LogP contribution in [0.2, 0.25) is 0 Å². The van der Waals surface area contributed by atoms with Gasteiger partial charge in [0.15, 0.2) is 5.78 Å². The molecule has 2 unspecified atom stereocenters. The van der Waals surface area contributed by atoms with Crippen LogP contribution in [0, 0.1) is 28.4 Å². The molecule has 1 aliphatic heterocycles. The van der Waals surface area contributed by atoms with Gasteiger partial charge in [0.25, 0.3) is 5.69 Å². The molecule has 0 amide bonds. The lowest BCUT2D eigenvalue weighted by Gasteiger charge is -2.41. The summed E-state index contributed by atoms with van der Waals surface area (Å²) in [5.41, 5.74) is 10.7. The van der Waals surface area contributed by atoms with Crippen LogP contribution in [0.3, 0.4) is 0 Å². The first-order valence-corrected chi connectivity index (χ1v) is 12.8. The molecule has 39 heavy (non-hydrogen) atoms. The van der Waals surface area contributed by atoms with Gasteiger partial charge < -0.3 is 10.5 Å². The molecule has 2 N–H and O–H groups in total. The monoisotopic (exact) mass is 520 g/mol. The molecular weight excluding hydrogens is 492 g/mol. The standard InChI is InChI=1S/C31H28N4O4/c1-3-39-23-13-14-25(26(17-23)35(37)38)34-27-15-22(20-7-5-4-6-8-20)16-28(36)30(27)29(24(18-32)31(34)33)21-11-9-19(2)10-12-21/h4-14,17,22,29H,3,15-16,33H2,1-2H3. The van der Waals surface area contributed by atoms with E-state index in [0.29, 0.717) is 30.0 Å². The Morgan fingerprint density at radius 2 is 1.79 bits per heavy atom. The summed E-state index contributed by atoms with van der Waals surface area (Å²) in [4.78, 5) is 27.2. The van der Waals surface area contributed by atoms with E-state index in [0.717, 1.165) is 16.7 Å². The average Bonchev–Trinajstić information content (AvgIpc) is 2.93. The molecule has 3 aromatic rings. The Morgan fingerprint density at radius 1 is 1.08 bits per heavy atom. The van der Waals surface area contributed by atoms with E-state index >= 15 is 0 Å². The summed E-state index contributed by atoms with van der Waals surface area (Å²) < 4.78 is 5.51. The smallest absolute Gasteiger partial charge is 0.296 e. The summed E-state index contributed by atoms with van der Waals surface area (Å²) in [5, 5.41) is 22.5. The van der Waals surface area contributed by atoms with Crippen molar-refractivity contribution >= 4 is 17.2 Å². The van der Waals surface area contributed by atoms with Gasteiger partial charge in [-0.15, -0.1) is 0 Å². The fraction of sp³-hybridized carbons (Fsp3) is 0.226. The number of nitrogens with two attached hydrogens (primary N) is 1. The lowest BCUT2D eigenvalue weighted by Crippen LogP contribution is -2.40. The first kappa shape index (κ1) is 25.7. The van der Waals surface area contributed by atoms with Crippen LogP contribution in [-0.2, 0) is 4.79 Å². The average molecular weight is 521 g/mol. The lowest BCUT2D eigenvalue weighted by atomic mass is 9.71. The number of nitro groups is 1. The summed E-state index contributed by atoms with van der Waals surface area (Å²) in [5.74, 6) is -0.476. The van der Waals surface area contributed by atoms with Crippen LogP contribution in [0.15, 0.2) is 95.5 Å². The van der Waals surface area contributed by atoms with E-state index < -0.39 is 10.8 Å². The second-order valence-corrected chi connectivity index (χ2v) is 9.73. The van der Waals surface area contributed by atoms with Crippen molar-refractivity contribution in [2.24, 2.45) is 5.73 Å². The number of carbonyl (C=O) groups excluding carboxylic acids is 1. The van der Waals surface area contributed by atoms with Crippen LogP contribution in [0.1, 0.15) is 48.3 Å². The second-order valence-electron chi connectivity index (χ2n) is 9.73. The van der Waals surface area contributed by atoms with Gasteiger partial charge in [-0.2, -0.15) is 5.26 Å². The van der Waals surface area contributed by atoms with Crippen LogP contribution in [0.4, 0.5) is 11.4 Å². The van der Waals surface area contributed by atoms with Crippen LogP contribution in [0.5, 0.6) is 5.75 Å². The topological polar surface area (TPSA) is 122 Å². The van der Waals surface area contributed by atoms with Gasteiger partial charge in [0.05, 0.1) is 35.2 Å². The number of hydrogen-bond acceptors (Lipinski definition) is 7. The largest absolute Gasteiger partial charge is 0.494 e. The molecule has 1 aliphatic carbocycles. The molecule has 0 spiro atoms. The third kappa shape index (κ3) is 4.64. The molecule has 0 saturated carbocycles. The Hall–Kier alpha value is -4.90. The first-order chi connectivity index (χ1) is 18.8. The number of ether oxygens (including phenoxy) is 1. The number of allylic oxidation sites excluding steroid dienone is 3. The minimum Gasteiger partial charge on any atom is -0.494 e. The molecule has 0 saturated heterocycles. The maximum Gasteiger partial charge on any atom is 0.296 e. The number of nitrogens with zero attached hydrogens (tertiary/aromatic N) is 3. The fourth-order valence-electron chi connectivity index (χ4n) is 5.55. The molecule has 2 aliphatic rings. The Morgan fingerprint density at radius 3 is 2.44 bits per heavy atom. The van der Waals surface area contributed by atoms with E-state index in [4.69, 9.17) is 10.5 Å². The number of hydrogen-bond donors (Lipinski definition) is 1. The molecular formula is C31H28N4O4. The summed E-state index contributed by atoms with van der Waals surface area (Å²) in [7, 11) is 0. The number of aryl methyl sites for hydroxylation is 1. The van der Waals surface area contributed by atoms with Crippen molar-refractivity contribution in [1.82, 2.24) is 0 Å². The quantitative estimate of drug-likeness (QED) is 0.312. The Bertz CT molecular complexity index is 1550. The highest BCUT2D eigenvalue weighted by atomic mass is 16.6. The third-order valence-corrected chi connectivity index (χ3v) is 7.34. The number of rotatable bonds is 6. The Balaban J connectivity index is 1.76. The summed E-state index contributed by atoms with van der Waals surface area (Å²) in [6, 6.07) is 24.2. The van der Waals surface area contributed by atoms with Gasteiger partial charge >= 0.3 is 0 Å². The molecule has 8 heteroatoms. The number of benzene rings is 3. The van der Waals surface area contributed by atoms with Crippen molar-refractivity contribution in [3.05, 3.63) is 122 Å². The molecule has 5 rings (SSSR count). The number of nitriles is 1. The van der Waals surface area contributed by atoms with E-state index in [1.54, 1.807) is 24.0 Å². The predicted octanol–water partition coefficient (Wildman–Crippen LogP) is 6.00. The molecule has 0 radical (unpaired) electrons. The van der Waals surface area contributed by atoms with Gasteiger partial charge in [0.2, 0.25) is 0 Å². The van der Waals surface area contributed by atoms with E-state index in [9.17, 15) is 20.2 Å². The highest BCUT2D eigenvalue weighted by Crippen LogP contribution is 2.50. The zero-order valence-electron chi connectivity index (χ0n) is 21.8. The van der Waals surface area contributed by atoms with Gasteiger partial charge in [0, 0.05) is 17.7 Å². The van der Waals surface area contributed by atoms with Crippen molar-refractivity contribution in [2.45, 2.75) is 38.5 Å². The number of Topliss-reactive ketones (excluding diaryl/α,β-unsaturated/α-hetero) is 1. The summed E-state index contributed by atoms with van der Waals surface area (Å²) in [6.07, 6.45) is 0.695.